The monoisotopic (exact) mass is 384 g/mol. The first kappa shape index (κ1) is 20.1. The van der Waals surface area contributed by atoms with Crippen LogP contribution in [0.15, 0.2) is 28.7 Å². The van der Waals surface area contributed by atoms with Gasteiger partial charge in [0.2, 0.25) is 5.91 Å². The Hall–Kier alpha value is -0.910. The number of amides is 1. The lowest BCUT2D eigenvalue weighted by molar-refractivity contribution is -0.136. The molecule has 0 bridgehead atoms. The van der Waals surface area contributed by atoms with Gasteiger partial charge in [0.15, 0.2) is 0 Å². The van der Waals surface area contributed by atoms with Crippen LogP contribution in [0.1, 0.15) is 25.8 Å². The maximum absolute atomic E-state index is 12.8. The third-order valence-corrected chi connectivity index (χ3v) is 4.48. The summed E-state index contributed by atoms with van der Waals surface area (Å²) < 4.78 is 6.22. The summed E-state index contributed by atoms with van der Waals surface area (Å²) in [6.45, 7) is 5.95. The van der Waals surface area contributed by atoms with Gasteiger partial charge in [0.1, 0.15) is 0 Å². The van der Waals surface area contributed by atoms with Crippen LogP contribution in [-0.2, 0) is 16.0 Å². The van der Waals surface area contributed by atoms with Crippen molar-refractivity contribution in [3.05, 3.63) is 34.3 Å². The molecule has 130 valence electrons. The summed E-state index contributed by atoms with van der Waals surface area (Å²) in [6, 6.07) is 8.11. The minimum atomic E-state index is -0.0807. The molecule has 2 N–H and O–H groups in total. The van der Waals surface area contributed by atoms with E-state index in [2.05, 4.69) is 41.9 Å². The summed E-state index contributed by atoms with van der Waals surface area (Å²) in [5, 5.41) is 0. The average Bonchev–Trinajstić information content (AvgIpc) is 2.50. The number of carbonyl (C=O) groups is 1. The summed E-state index contributed by atoms with van der Waals surface area (Å²) >= 11 is 3.49. The smallest absolute Gasteiger partial charge is 0.225 e. The van der Waals surface area contributed by atoms with E-state index in [9.17, 15) is 4.79 Å². The highest BCUT2D eigenvalue weighted by atomic mass is 79.9. The number of carbonyl (C=O) groups excluding carboxylic acids is 1. The third kappa shape index (κ3) is 7.02. The summed E-state index contributed by atoms with van der Waals surface area (Å²) in [7, 11) is 3.53. The van der Waals surface area contributed by atoms with E-state index in [1.54, 1.807) is 7.11 Å². The van der Waals surface area contributed by atoms with Crippen LogP contribution in [0.25, 0.3) is 0 Å². The normalized spacial score (nSPS) is 13.0. The molecule has 5 heteroatoms. The summed E-state index contributed by atoms with van der Waals surface area (Å²) in [5.41, 5.74) is 6.86. The second-order valence-electron chi connectivity index (χ2n) is 6.88. The number of ether oxygens (including phenoxy) is 1. The van der Waals surface area contributed by atoms with Gasteiger partial charge in [-0.2, -0.15) is 0 Å². The van der Waals surface area contributed by atoms with E-state index in [0.29, 0.717) is 19.7 Å². The van der Waals surface area contributed by atoms with Gasteiger partial charge in [-0.15, -0.1) is 0 Å². The van der Waals surface area contributed by atoms with E-state index in [0.717, 1.165) is 22.9 Å². The first-order valence-corrected chi connectivity index (χ1v) is 8.77. The molecule has 4 nitrogen and oxygen atoms in total. The molecule has 0 aliphatic rings. The van der Waals surface area contributed by atoms with Crippen molar-refractivity contribution in [2.45, 2.75) is 26.7 Å². The molecule has 0 spiro atoms. The molecule has 1 aromatic carbocycles. The summed E-state index contributed by atoms with van der Waals surface area (Å²) in [6.07, 6.45) is 1.43. The van der Waals surface area contributed by atoms with E-state index < -0.39 is 0 Å². The molecule has 0 saturated carbocycles. The molecule has 0 saturated heterocycles. The van der Waals surface area contributed by atoms with Gasteiger partial charge in [-0.05, 0) is 42.5 Å². The number of rotatable bonds is 9. The van der Waals surface area contributed by atoms with Crippen LogP contribution in [0.4, 0.5) is 0 Å². The topological polar surface area (TPSA) is 55.6 Å². The Bertz CT molecular complexity index is 506. The molecule has 23 heavy (non-hydrogen) atoms. The van der Waals surface area contributed by atoms with Gasteiger partial charge in [-0.1, -0.05) is 41.9 Å². The maximum atomic E-state index is 12.8. The van der Waals surface area contributed by atoms with Crippen molar-refractivity contribution in [3.8, 4) is 0 Å². The van der Waals surface area contributed by atoms with Gasteiger partial charge in [-0.3, -0.25) is 4.79 Å². The number of hydrogen-bond acceptors (Lipinski definition) is 3. The minimum absolute atomic E-state index is 0.0774. The summed E-state index contributed by atoms with van der Waals surface area (Å²) in [5.74, 6) is 0.0753. The SMILES string of the molecule is COCCC(Cc1cccc(Br)c1)C(=O)N(C)CC(C)(C)CN. The zero-order valence-corrected chi connectivity index (χ0v) is 16.2. The Balaban J connectivity index is 2.81. The number of nitrogens with two attached hydrogens (primary N) is 1. The fraction of sp³-hybridized carbons (Fsp3) is 0.611. The fourth-order valence-corrected chi connectivity index (χ4v) is 3.06. The number of methoxy groups -OCH3 is 1. The van der Waals surface area contributed by atoms with Gasteiger partial charge >= 0.3 is 0 Å². The molecule has 1 amide bonds. The predicted octanol–water partition coefficient (Wildman–Crippen LogP) is 3.09. The van der Waals surface area contributed by atoms with Crippen molar-refractivity contribution in [2.75, 3.05) is 33.9 Å². The minimum Gasteiger partial charge on any atom is -0.385 e. The highest BCUT2D eigenvalue weighted by Gasteiger charge is 2.26. The van der Waals surface area contributed by atoms with Crippen LogP contribution in [0.5, 0.6) is 0 Å². The number of nitrogens with zero attached hydrogens (tertiary/aromatic N) is 1. The molecule has 1 unspecified atom stereocenters. The Morgan fingerprint density at radius 1 is 1.43 bits per heavy atom. The number of benzene rings is 1. The van der Waals surface area contributed by atoms with Crippen molar-refractivity contribution < 1.29 is 9.53 Å². The van der Waals surface area contributed by atoms with Gasteiger partial charge in [0.05, 0.1) is 0 Å². The zero-order chi connectivity index (χ0) is 17.5. The first-order valence-electron chi connectivity index (χ1n) is 7.97. The fourth-order valence-electron chi connectivity index (χ4n) is 2.62. The molecular formula is C18H29BrN2O2. The molecule has 1 rings (SSSR count). The van der Waals surface area contributed by atoms with Crippen molar-refractivity contribution in [2.24, 2.45) is 17.1 Å². The standard InChI is InChI=1S/C18H29BrN2O2/c1-18(2,12-20)13-21(3)17(22)15(8-9-23-4)10-14-6-5-7-16(19)11-14/h5-7,11,15H,8-10,12-13,20H2,1-4H3. The van der Waals surface area contributed by atoms with Crippen molar-refractivity contribution >= 4 is 21.8 Å². The Morgan fingerprint density at radius 2 is 2.13 bits per heavy atom. The molecule has 0 aliphatic carbocycles. The lowest BCUT2D eigenvalue weighted by atomic mass is 9.91. The van der Waals surface area contributed by atoms with Crippen molar-refractivity contribution in [1.82, 2.24) is 4.90 Å². The van der Waals surface area contributed by atoms with Crippen LogP contribution in [-0.4, -0.2) is 44.7 Å². The zero-order valence-electron chi connectivity index (χ0n) is 14.6. The van der Waals surface area contributed by atoms with Gasteiger partial charge in [-0.25, -0.2) is 0 Å². The molecule has 0 aromatic heterocycles. The van der Waals surface area contributed by atoms with E-state index in [1.807, 2.05) is 24.1 Å². The lowest BCUT2D eigenvalue weighted by Crippen LogP contribution is -2.42. The van der Waals surface area contributed by atoms with E-state index in [4.69, 9.17) is 10.5 Å². The lowest BCUT2D eigenvalue weighted by Gasteiger charge is -2.31. The van der Waals surface area contributed by atoms with E-state index >= 15 is 0 Å². The predicted molar refractivity (Wildman–Crippen MR) is 98.3 cm³/mol. The second kappa shape index (κ2) is 9.40. The van der Waals surface area contributed by atoms with Crippen molar-refractivity contribution in [1.29, 1.82) is 0 Å². The molecule has 1 atom stereocenters. The van der Waals surface area contributed by atoms with E-state index in [-0.39, 0.29) is 17.2 Å². The van der Waals surface area contributed by atoms with E-state index in [1.165, 1.54) is 0 Å². The third-order valence-electron chi connectivity index (χ3n) is 3.98. The van der Waals surface area contributed by atoms with Gasteiger partial charge in [0.25, 0.3) is 0 Å². The first-order chi connectivity index (χ1) is 10.8. The number of hydrogen-bond donors (Lipinski definition) is 1. The Labute approximate surface area is 148 Å². The van der Waals surface area contributed by atoms with Crippen LogP contribution >= 0.6 is 15.9 Å². The largest absolute Gasteiger partial charge is 0.385 e. The molecule has 0 fully saturated rings. The molecule has 1 aromatic rings. The highest BCUT2D eigenvalue weighted by molar-refractivity contribution is 9.10. The molecule has 0 heterocycles. The van der Waals surface area contributed by atoms with Crippen LogP contribution in [0, 0.1) is 11.3 Å². The Kier molecular flexibility index (Phi) is 8.23. The van der Waals surface area contributed by atoms with Crippen LogP contribution < -0.4 is 5.73 Å². The molecular weight excluding hydrogens is 356 g/mol. The summed E-state index contributed by atoms with van der Waals surface area (Å²) in [4.78, 5) is 14.7. The highest BCUT2D eigenvalue weighted by Crippen LogP contribution is 2.21. The van der Waals surface area contributed by atoms with Gasteiger partial charge in [0, 0.05) is 37.7 Å². The Morgan fingerprint density at radius 3 is 2.70 bits per heavy atom. The van der Waals surface area contributed by atoms with Gasteiger partial charge < -0.3 is 15.4 Å². The van der Waals surface area contributed by atoms with Crippen LogP contribution in [0.3, 0.4) is 0 Å². The molecule has 0 radical (unpaired) electrons. The maximum Gasteiger partial charge on any atom is 0.225 e. The quantitative estimate of drug-likeness (QED) is 0.711. The van der Waals surface area contributed by atoms with Crippen molar-refractivity contribution in [3.63, 3.8) is 0 Å². The average molecular weight is 385 g/mol. The molecule has 0 aliphatic heterocycles. The number of halogens is 1. The second-order valence-corrected chi connectivity index (χ2v) is 7.79. The van der Waals surface area contributed by atoms with Crippen LogP contribution in [0.2, 0.25) is 0 Å².